The molecular formula is C42H32N2. The van der Waals surface area contributed by atoms with Gasteiger partial charge in [0.25, 0.3) is 0 Å². The highest BCUT2D eigenvalue weighted by Crippen LogP contribution is 2.46. The van der Waals surface area contributed by atoms with Crippen molar-refractivity contribution in [3.05, 3.63) is 125 Å². The average Bonchev–Trinajstić information content (AvgIpc) is 3.70. The average molecular weight is 565 g/mol. The number of nitrogens with zero attached hydrogens (tertiary/aromatic N) is 1. The van der Waals surface area contributed by atoms with Gasteiger partial charge in [0.05, 0.1) is 5.52 Å². The van der Waals surface area contributed by atoms with Crippen LogP contribution in [0, 0.1) is 0 Å². The molecule has 0 atom stereocenters. The molecule has 0 saturated carbocycles. The van der Waals surface area contributed by atoms with Gasteiger partial charge in [0.2, 0.25) is 0 Å². The summed E-state index contributed by atoms with van der Waals surface area (Å²) < 4.78 is 2.60. The minimum Gasteiger partial charge on any atom is -0.355 e. The zero-order chi connectivity index (χ0) is 29.1. The van der Waals surface area contributed by atoms with E-state index in [9.17, 15) is 0 Å². The van der Waals surface area contributed by atoms with E-state index in [0.29, 0.717) is 0 Å². The van der Waals surface area contributed by atoms with Crippen LogP contribution in [-0.4, -0.2) is 9.55 Å². The summed E-state index contributed by atoms with van der Waals surface area (Å²) in [4.78, 5) is 3.69. The third kappa shape index (κ3) is 3.05. The van der Waals surface area contributed by atoms with Gasteiger partial charge in [-0.3, -0.25) is 0 Å². The minimum absolute atomic E-state index is 1.04. The first-order valence-corrected chi connectivity index (χ1v) is 16.0. The monoisotopic (exact) mass is 564 g/mol. The number of aryl methyl sites for hydroxylation is 1. The van der Waals surface area contributed by atoms with E-state index in [4.69, 9.17) is 0 Å². The normalized spacial score (nSPS) is 15.7. The fourth-order valence-electron chi connectivity index (χ4n) is 8.62. The Morgan fingerprint density at radius 1 is 0.750 bits per heavy atom. The van der Waals surface area contributed by atoms with Crippen LogP contribution >= 0.6 is 0 Å². The number of hydrogen-bond donors (Lipinski definition) is 1. The van der Waals surface area contributed by atoms with Crippen molar-refractivity contribution in [1.29, 1.82) is 0 Å². The van der Waals surface area contributed by atoms with Gasteiger partial charge in [-0.15, -0.1) is 0 Å². The SMILES string of the molecule is C/C=C\C1=C(C)c2cccc3cc(-n4c5c(c6ccc7c8ccc9[nH]c%10c(c9c8ccc7c64)CCC=C%10)C=CCC5)cc1c23. The number of hydrogen-bond acceptors (Lipinski definition) is 0. The first kappa shape index (κ1) is 24.4. The number of aromatic nitrogens is 2. The summed E-state index contributed by atoms with van der Waals surface area (Å²) in [5, 5.41) is 10.8. The summed E-state index contributed by atoms with van der Waals surface area (Å²) >= 11 is 0. The van der Waals surface area contributed by atoms with Crippen LogP contribution in [0.3, 0.4) is 0 Å². The van der Waals surface area contributed by atoms with E-state index in [1.165, 1.54) is 105 Å². The van der Waals surface area contributed by atoms with Crippen molar-refractivity contribution in [2.24, 2.45) is 0 Å². The Labute approximate surface area is 256 Å². The lowest BCUT2D eigenvalue weighted by Crippen LogP contribution is -2.04. The highest BCUT2D eigenvalue weighted by atomic mass is 15.0. The first-order chi connectivity index (χ1) is 21.7. The van der Waals surface area contributed by atoms with Crippen molar-refractivity contribution in [1.82, 2.24) is 9.55 Å². The molecule has 1 N–H and O–H groups in total. The Morgan fingerprint density at radius 2 is 1.55 bits per heavy atom. The van der Waals surface area contributed by atoms with Crippen LogP contribution in [-0.2, 0) is 12.8 Å². The Hall–Kier alpha value is -5.08. The van der Waals surface area contributed by atoms with Gasteiger partial charge >= 0.3 is 0 Å². The molecule has 0 fully saturated rings. The fourth-order valence-corrected chi connectivity index (χ4v) is 8.62. The lowest BCUT2D eigenvalue weighted by Gasteiger charge is -2.17. The Morgan fingerprint density at radius 3 is 2.48 bits per heavy atom. The summed E-state index contributed by atoms with van der Waals surface area (Å²) in [5.74, 6) is 0. The van der Waals surface area contributed by atoms with Crippen molar-refractivity contribution in [2.45, 2.75) is 39.5 Å². The Balaban J connectivity index is 1.32. The van der Waals surface area contributed by atoms with Crippen LogP contribution in [0.2, 0.25) is 0 Å². The zero-order valence-electron chi connectivity index (χ0n) is 25.1. The second kappa shape index (κ2) is 8.74. The van der Waals surface area contributed by atoms with Crippen LogP contribution in [0.1, 0.15) is 60.3 Å². The predicted octanol–water partition coefficient (Wildman–Crippen LogP) is 11.3. The Bertz CT molecular complexity index is 2560. The van der Waals surface area contributed by atoms with E-state index in [1.54, 1.807) is 0 Å². The van der Waals surface area contributed by atoms with E-state index in [1.807, 2.05) is 0 Å². The molecule has 10 rings (SSSR count). The number of fused-ring (bicyclic) bond motifs is 11. The van der Waals surface area contributed by atoms with E-state index < -0.39 is 0 Å². The van der Waals surface area contributed by atoms with E-state index in [0.717, 1.165) is 25.7 Å². The van der Waals surface area contributed by atoms with E-state index >= 15 is 0 Å². The molecular weight excluding hydrogens is 532 g/mol. The van der Waals surface area contributed by atoms with Gasteiger partial charge in [0.1, 0.15) is 0 Å². The van der Waals surface area contributed by atoms with Crippen molar-refractivity contribution in [3.63, 3.8) is 0 Å². The highest BCUT2D eigenvalue weighted by Gasteiger charge is 2.25. The van der Waals surface area contributed by atoms with Crippen molar-refractivity contribution in [3.8, 4) is 5.69 Å². The summed E-state index contributed by atoms with van der Waals surface area (Å²) in [6.45, 7) is 4.39. The maximum Gasteiger partial charge on any atom is 0.0616 e. The molecule has 2 nitrogen and oxygen atoms in total. The molecule has 7 aromatic rings. The summed E-state index contributed by atoms with van der Waals surface area (Å²) in [6.07, 6.45) is 18.0. The zero-order valence-corrected chi connectivity index (χ0v) is 25.1. The molecule has 3 aliphatic rings. The van der Waals surface area contributed by atoms with Gasteiger partial charge < -0.3 is 9.55 Å². The first-order valence-electron chi connectivity index (χ1n) is 16.0. The molecule has 2 heteroatoms. The molecule has 3 aliphatic carbocycles. The standard InChI is InChI=1S/C42H32N2/c1-3-9-27-24(2)28-13-8-10-25-22-26(23-36(27)40(25)28)44-39-15-7-5-11-31(39)34-18-16-30-29-20-21-38-41(32(29)17-19-33(30)42(34)44)35-12-4-6-14-37(35)43-38/h3,5-6,8-11,13-14,16-23,43H,4,7,12,15H2,1-2H3/b9-3-. The second-order valence-electron chi connectivity index (χ2n) is 12.7. The highest BCUT2D eigenvalue weighted by molar-refractivity contribution is 6.23. The summed E-state index contributed by atoms with van der Waals surface area (Å²) in [5.41, 5.74) is 14.8. The van der Waals surface area contributed by atoms with Gasteiger partial charge in [0.15, 0.2) is 0 Å². The van der Waals surface area contributed by atoms with Crippen LogP contribution in [0.15, 0.2) is 91.0 Å². The molecule has 0 saturated heterocycles. The van der Waals surface area contributed by atoms with E-state index in [-0.39, 0.29) is 0 Å². The molecule has 0 spiro atoms. The molecule has 5 aromatic carbocycles. The van der Waals surface area contributed by atoms with Crippen LogP contribution in [0.4, 0.5) is 0 Å². The molecule has 0 amide bonds. The van der Waals surface area contributed by atoms with Crippen molar-refractivity contribution in [2.75, 3.05) is 0 Å². The van der Waals surface area contributed by atoms with Gasteiger partial charge in [0, 0.05) is 44.3 Å². The maximum atomic E-state index is 3.69. The summed E-state index contributed by atoms with van der Waals surface area (Å²) in [6, 6.07) is 25.8. The number of H-pyrrole nitrogens is 1. The van der Waals surface area contributed by atoms with E-state index in [2.05, 4.69) is 127 Å². The number of rotatable bonds is 2. The molecule has 44 heavy (non-hydrogen) atoms. The minimum atomic E-state index is 1.04. The topological polar surface area (TPSA) is 20.7 Å². The summed E-state index contributed by atoms with van der Waals surface area (Å²) in [7, 11) is 0. The fraction of sp³-hybridized carbons (Fsp3) is 0.143. The predicted molar refractivity (Wildman–Crippen MR) is 190 cm³/mol. The smallest absolute Gasteiger partial charge is 0.0616 e. The van der Waals surface area contributed by atoms with Crippen LogP contribution in [0.25, 0.3) is 83.1 Å². The van der Waals surface area contributed by atoms with Gasteiger partial charge in [-0.1, -0.05) is 78.9 Å². The number of benzene rings is 5. The molecule has 0 unspecified atom stereocenters. The maximum absolute atomic E-state index is 3.69. The lowest BCUT2D eigenvalue weighted by atomic mass is 9.93. The number of aromatic amines is 1. The van der Waals surface area contributed by atoms with Gasteiger partial charge in [-0.2, -0.15) is 0 Å². The van der Waals surface area contributed by atoms with Gasteiger partial charge in [-0.25, -0.2) is 0 Å². The van der Waals surface area contributed by atoms with Crippen LogP contribution in [0.5, 0.6) is 0 Å². The van der Waals surface area contributed by atoms with Crippen molar-refractivity contribution >= 4 is 77.4 Å². The molecule has 210 valence electrons. The van der Waals surface area contributed by atoms with Gasteiger partial charge in [-0.05, 0) is 119 Å². The quantitative estimate of drug-likeness (QED) is 0.202. The second-order valence-corrected chi connectivity index (χ2v) is 12.7. The lowest BCUT2D eigenvalue weighted by molar-refractivity contribution is 0.890. The Kier molecular flexibility index (Phi) is 4.84. The molecule has 0 bridgehead atoms. The third-order valence-corrected chi connectivity index (χ3v) is 10.5. The molecule has 0 radical (unpaired) electrons. The number of allylic oxidation sites excluding steroid dienone is 6. The molecule has 0 aliphatic heterocycles. The van der Waals surface area contributed by atoms with Crippen LogP contribution < -0.4 is 0 Å². The number of nitrogens with one attached hydrogen (secondary N) is 1. The van der Waals surface area contributed by atoms with Crippen molar-refractivity contribution < 1.29 is 0 Å². The molecule has 2 aromatic heterocycles. The largest absolute Gasteiger partial charge is 0.355 e. The third-order valence-electron chi connectivity index (χ3n) is 10.5. The molecule has 2 heterocycles.